The number of Topliss-reactive ketones (excluding diaryl/α,β-unsaturated/α-hetero) is 3. The number of carbonyl (C=O) groups is 3. The summed E-state index contributed by atoms with van der Waals surface area (Å²) in [6.07, 6.45) is 1.68. The van der Waals surface area contributed by atoms with Crippen LogP contribution in [0.4, 0.5) is 4.39 Å². The lowest BCUT2D eigenvalue weighted by atomic mass is 9.63. The number of rotatable bonds is 3. The van der Waals surface area contributed by atoms with Gasteiger partial charge < -0.3 is 0 Å². The topological polar surface area (TPSA) is 66.8 Å². The van der Waals surface area contributed by atoms with Crippen LogP contribution in [0.1, 0.15) is 59.7 Å². The van der Waals surface area contributed by atoms with E-state index in [0.717, 1.165) is 11.1 Å². The summed E-state index contributed by atoms with van der Waals surface area (Å²) in [5.41, 5.74) is 1.67. The summed E-state index contributed by atoms with van der Waals surface area (Å²) >= 11 is 0. The van der Waals surface area contributed by atoms with E-state index in [1.807, 2.05) is 54.6 Å². The molecule has 1 saturated heterocycles. The maximum atomic E-state index is 14.6. The third kappa shape index (κ3) is 2.85. The van der Waals surface area contributed by atoms with E-state index < -0.39 is 29.2 Å². The second-order valence-electron chi connectivity index (χ2n) is 9.93. The van der Waals surface area contributed by atoms with Crippen LogP contribution in [0.3, 0.4) is 0 Å². The third-order valence-corrected chi connectivity index (χ3v) is 8.13. The number of benzene rings is 4. The summed E-state index contributed by atoms with van der Waals surface area (Å²) in [5, 5.41) is 6.36. The fourth-order valence-electron chi connectivity index (χ4n) is 6.59. The zero-order valence-corrected chi connectivity index (χ0v) is 20.1. The first-order valence-corrected chi connectivity index (χ1v) is 12.5. The minimum atomic E-state index is -1.61. The molecule has 0 aromatic heterocycles. The lowest BCUT2D eigenvalue weighted by molar-refractivity contribution is 0.0586. The summed E-state index contributed by atoms with van der Waals surface area (Å²) in [7, 11) is 0. The molecule has 0 radical (unpaired) electrons. The van der Waals surface area contributed by atoms with E-state index in [1.54, 1.807) is 35.5 Å². The number of fused-ring (bicyclic) bond motifs is 5. The molecule has 3 unspecified atom stereocenters. The zero-order chi connectivity index (χ0) is 26.0. The van der Waals surface area contributed by atoms with Gasteiger partial charge in [-0.15, -0.1) is 0 Å². The molecular formula is C32H21FN2O3. The summed E-state index contributed by atoms with van der Waals surface area (Å²) < 4.78 is 13.8. The van der Waals surface area contributed by atoms with Gasteiger partial charge in [0.25, 0.3) is 0 Å². The minimum absolute atomic E-state index is 0.289. The predicted molar refractivity (Wildman–Crippen MR) is 140 cm³/mol. The largest absolute Gasteiger partial charge is 0.293 e. The second-order valence-corrected chi connectivity index (χ2v) is 9.93. The highest BCUT2D eigenvalue weighted by atomic mass is 19.1. The highest BCUT2D eigenvalue weighted by molar-refractivity contribution is 6.31. The van der Waals surface area contributed by atoms with Gasteiger partial charge >= 0.3 is 0 Å². The molecule has 38 heavy (non-hydrogen) atoms. The van der Waals surface area contributed by atoms with Crippen molar-refractivity contribution in [1.29, 1.82) is 0 Å². The van der Waals surface area contributed by atoms with Crippen LogP contribution in [0, 0.1) is 11.2 Å². The molecule has 3 aliphatic rings. The molecule has 3 atom stereocenters. The second kappa shape index (κ2) is 8.15. The Morgan fingerprint density at radius 2 is 1.37 bits per heavy atom. The lowest BCUT2D eigenvalue weighted by Gasteiger charge is -2.36. The molecule has 1 aliphatic carbocycles. The Morgan fingerprint density at radius 3 is 2.05 bits per heavy atom. The number of hydrogen-bond acceptors (Lipinski definition) is 5. The number of nitrogens with zero attached hydrogens (tertiary/aromatic N) is 2. The molecular weight excluding hydrogens is 479 g/mol. The molecule has 1 spiro atoms. The summed E-state index contributed by atoms with van der Waals surface area (Å²) in [4.78, 5) is 43.4. The Kier molecular flexibility index (Phi) is 4.82. The number of ketones is 3. The first-order valence-electron chi connectivity index (χ1n) is 12.5. The average Bonchev–Trinajstić information content (AvgIpc) is 3.40. The van der Waals surface area contributed by atoms with Gasteiger partial charge in [0.1, 0.15) is 17.3 Å². The highest BCUT2D eigenvalue weighted by Crippen LogP contribution is 2.64. The van der Waals surface area contributed by atoms with E-state index in [-0.39, 0.29) is 22.9 Å². The van der Waals surface area contributed by atoms with Gasteiger partial charge in [-0.05, 0) is 41.0 Å². The Bertz CT molecular complexity index is 1630. The van der Waals surface area contributed by atoms with Crippen LogP contribution in [0.5, 0.6) is 0 Å². The minimum Gasteiger partial charge on any atom is -0.293 e. The van der Waals surface area contributed by atoms with E-state index in [0.29, 0.717) is 16.7 Å². The van der Waals surface area contributed by atoms with Crippen molar-refractivity contribution in [2.45, 2.75) is 18.0 Å². The molecule has 5 nitrogen and oxygen atoms in total. The first-order chi connectivity index (χ1) is 18.5. The number of halogens is 1. The Hall–Kier alpha value is -4.71. The van der Waals surface area contributed by atoms with Gasteiger partial charge in [0.05, 0.1) is 12.3 Å². The normalized spacial score (nSPS) is 22.3. The standard InChI is InChI=1S/C32H21FN2O3/c33-22-16-14-20(15-17-22)28(36)27-26(19-8-2-1-3-9-19)32(30(37)24-12-6-7-13-25(24)31(32)38)29-23-11-5-4-10-21(23)18-34-35(27)29/h1-18,26-27,29H. The van der Waals surface area contributed by atoms with Gasteiger partial charge in [0.2, 0.25) is 0 Å². The monoisotopic (exact) mass is 500 g/mol. The van der Waals surface area contributed by atoms with E-state index in [4.69, 9.17) is 5.10 Å². The molecule has 0 amide bonds. The molecule has 2 heterocycles. The van der Waals surface area contributed by atoms with Crippen LogP contribution in [-0.4, -0.2) is 34.6 Å². The van der Waals surface area contributed by atoms with E-state index >= 15 is 0 Å². The first kappa shape index (κ1) is 22.5. The fourth-order valence-corrected chi connectivity index (χ4v) is 6.59. The van der Waals surface area contributed by atoms with Crippen molar-refractivity contribution in [1.82, 2.24) is 5.01 Å². The van der Waals surface area contributed by atoms with Crippen molar-refractivity contribution in [3.63, 3.8) is 0 Å². The lowest BCUT2D eigenvalue weighted by Crippen LogP contribution is -2.43. The van der Waals surface area contributed by atoms with Crippen LogP contribution in [0.25, 0.3) is 0 Å². The van der Waals surface area contributed by atoms with E-state index in [2.05, 4.69) is 0 Å². The smallest absolute Gasteiger partial charge is 0.187 e. The van der Waals surface area contributed by atoms with E-state index in [1.165, 1.54) is 24.3 Å². The Labute approximate surface area is 218 Å². The van der Waals surface area contributed by atoms with Gasteiger partial charge in [0, 0.05) is 22.6 Å². The summed E-state index contributed by atoms with van der Waals surface area (Å²) in [6.45, 7) is 0. The van der Waals surface area contributed by atoms with Crippen LogP contribution in [0.15, 0.2) is 108 Å². The predicted octanol–water partition coefficient (Wildman–Crippen LogP) is 5.63. The molecule has 184 valence electrons. The van der Waals surface area contributed by atoms with Crippen LogP contribution in [-0.2, 0) is 0 Å². The van der Waals surface area contributed by atoms with Crippen molar-refractivity contribution in [2.24, 2.45) is 10.5 Å². The summed E-state index contributed by atoms with van der Waals surface area (Å²) in [6, 6.07) is 27.3. The SMILES string of the molecule is O=C(c1ccc(F)cc1)C1C(c2ccccc2)C2(C(=O)c3ccccc3C2=O)C2c3ccccc3C=NN12. The van der Waals surface area contributed by atoms with Crippen molar-refractivity contribution in [2.75, 3.05) is 0 Å². The molecule has 7 rings (SSSR count). The van der Waals surface area contributed by atoms with E-state index in [9.17, 15) is 18.8 Å². The van der Waals surface area contributed by atoms with Gasteiger partial charge in [-0.3, -0.25) is 19.4 Å². The van der Waals surface area contributed by atoms with Crippen molar-refractivity contribution >= 4 is 23.6 Å². The molecule has 4 aromatic carbocycles. The fraction of sp³-hybridized carbons (Fsp3) is 0.125. The third-order valence-electron chi connectivity index (χ3n) is 8.13. The molecule has 4 aromatic rings. The van der Waals surface area contributed by atoms with Crippen molar-refractivity contribution < 1.29 is 18.8 Å². The molecule has 1 fully saturated rings. The maximum Gasteiger partial charge on any atom is 0.187 e. The van der Waals surface area contributed by atoms with Crippen LogP contribution >= 0.6 is 0 Å². The Morgan fingerprint density at radius 1 is 0.763 bits per heavy atom. The van der Waals surface area contributed by atoms with Crippen molar-refractivity contribution in [3.8, 4) is 0 Å². The molecule has 6 heteroatoms. The number of hydrazone groups is 1. The average molecular weight is 501 g/mol. The highest BCUT2D eigenvalue weighted by Gasteiger charge is 2.72. The molecule has 2 aliphatic heterocycles. The molecule has 0 bridgehead atoms. The zero-order valence-electron chi connectivity index (χ0n) is 20.1. The molecule has 0 saturated carbocycles. The number of carbonyl (C=O) groups excluding carboxylic acids is 3. The van der Waals surface area contributed by atoms with Crippen molar-refractivity contribution in [3.05, 3.63) is 142 Å². The maximum absolute atomic E-state index is 14.6. The van der Waals surface area contributed by atoms with Crippen LogP contribution < -0.4 is 0 Å². The van der Waals surface area contributed by atoms with Gasteiger partial charge in [-0.1, -0.05) is 78.9 Å². The summed E-state index contributed by atoms with van der Waals surface area (Å²) in [5.74, 6) is -2.22. The van der Waals surface area contributed by atoms with Gasteiger partial charge in [0.15, 0.2) is 17.3 Å². The van der Waals surface area contributed by atoms with Gasteiger partial charge in [-0.2, -0.15) is 5.10 Å². The van der Waals surface area contributed by atoms with Gasteiger partial charge in [-0.25, -0.2) is 4.39 Å². The quantitative estimate of drug-likeness (QED) is 0.270. The van der Waals surface area contributed by atoms with Crippen LogP contribution in [0.2, 0.25) is 0 Å². The molecule has 0 N–H and O–H groups in total. The Balaban J connectivity index is 1.55. The number of hydrogen-bond donors (Lipinski definition) is 0.